The molecule has 1 aromatic carbocycles. The monoisotopic (exact) mass is 401 g/mol. The van der Waals surface area contributed by atoms with E-state index in [-0.39, 0.29) is 11.8 Å². The first-order chi connectivity index (χ1) is 13.9. The van der Waals surface area contributed by atoms with Crippen molar-refractivity contribution in [3.05, 3.63) is 29.8 Å². The van der Waals surface area contributed by atoms with Gasteiger partial charge in [-0.25, -0.2) is 4.79 Å². The predicted octanol–water partition coefficient (Wildman–Crippen LogP) is 2.55. The first-order valence-electron chi connectivity index (χ1n) is 10.0. The maximum atomic E-state index is 12.5. The van der Waals surface area contributed by atoms with E-state index in [1.165, 1.54) is 0 Å². The number of nitrogens with zero attached hydrogens (tertiary/aromatic N) is 1. The lowest BCUT2D eigenvalue weighted by atomic mass is 9.97. The molecule has 1 aromatic rings. The number of carbonyl (C=O) groups is 4. The fraction of sp³-hybridized carbons (Fsp3) is 0.524. The van der Waals surface area contributed by atoms with Crippen LogP contribution in [0.15, 0.2) is 24.3 Å². The van der Waals surface area contributed by atoms with Crippen LogP contribution in [0.2, 0.25) is 0 Å². The second-order valence-electron chi connectivity index (χ2n) is 7.72. The van der Waals surface area contributed by atoms with Crippen molar-refractivity contribution in [2.45, 2.75) is 57.4 Å². The van der Waals surface area contributed by atoms with E-state index in [1.807, 2.05) is 18.2 Å². The number of nitrogens with one attached hydrogen (secondary N) is 2. The Kier molecular flexibility index (Phi) is 6.20. The van der Waals surface area contributed by atoms with Crippen molar-refractivity contribution in [1.82, 2.24) is 10.2 Å². The van der Waals surface area contributed by atoms with Crippen LogP contribution >= 0.6 is 0 Å². The van der Waals surface area contributed by atoms with Crippen LogP contribution in [0.4, 0.5) is 10.5 Å². The highest BCUT2D eigenvalue weighted by molar-refractivity contribution is 6.09. The summed E-state index contributed by atoms with van der Waals surface area (Å²) in [5, 5.41) is 5.46. The summed E-state index contributed by atoms with van der Waals surface area (Å²) in [5.74, 6) is -1.38. The molecule has 0 radical (unpaired) electrons. The van der Waals surface area contributed by atoms with Crippen LogP contribution in [0.3, 0.4) is 0 Å². The van der Waals surface area contributed by atoms with Crippen LogP contribution in [-0.4, -0.2) is 47.4 Å². The van der Waals surface area contributed by atoms with E-state index >= 15 is 0 Å². The molecule has 3 rings (SSSR count). The minimum Gasteiger partial charge on any atom is -0.454 e. The van der Waals surface area contributed by atoms with Gasteiger partial charge < -0.3 is 15.4 Å². The van der Waals surface area contributed by atoms with Gasteiger partial charge in [0.15, 0.2) is 6.61 Å². The molecule has 8 nitrogen and oxygen atoms in total. The quantitative estimate of drug-likeness (QED) is 0.540. The number of rotatable bonds is 7. The molecule has 2 aliphatic rings. The zero-order valence-electron chi connectivity index (χ0n) is 16.8. The zero-order valence-corrected chi connectivity index (χ0v) is 16.8. The SMILES string of the molecule is CC[C@H](C)c1ccccc1NC(=O)COC(=O)CN1C(=O)NC2(CCCC2)C1=O. The minimum absolute atomic E-state index is 0.275. The molecule has 29 heavy (non-hydrogen) atoms. The van der Waals surface area contributed by atoms with Crippen LogP contribution in [0.1, 0.15) is 57.4 Å². The number of urea groups is 1. The second-order valence-corrected chi connectivity index (χ2v) is 7.72. The maximum absolute atomic E-state index is 12.5. The van der Waals surface area contributed by atoms with Gasteiger partial charge in [-0.2, -0.15) is 0 Å². The lowest BCUT2D eigenvalue weighted by molar-refractivity contribution is -0.150. The highest BCUT2D eigenvalue weighted by Crippen LogP contribution is 2.35. The van der Waals surface area contributed by atoms with E-state index in [0.717, 1.165) is 29.7 Å². The Hall–Kier alpha value is -2.90. The molecule has 0 unspecified atom stereocenters. The van der Waals surface area contributed by atoms with E-state index in [1.54, 1.807) is 6.07 Å². The number of hydrogen-bond donors (Lipinski definition) is 2. The standard InChI is InChI=1S/C21H27N3O5/c1-3-14(2)15-8-4-5-9-16(15)22-17(25)13-29-18(26)12-24-19(27)21(23-20(24)28)10-6-7-11-21/h4-5,8-9,14H,3,6-7,10-13H2,1-2H3,(H,22,25)(H,23,28)/t14-/m0/s1. The third-order valence-corrected chi connectivity index (χ3v) is 5.73. The normalized spacial score (nSPS) is 18.6. The number of esters is 1. The minimum atomic E-state index is -0.867. The van der Waals surface area contributed by atoms with Gasteiger partial charge in [-0.05, 0) is 36.8 Å². The smallest absolute Gasteiger partial charge is 0.326 e. The molecule has 2 fully saturated rings. The molecule has 0 bridgehead atoms. The number of anilines is 1. The highest BCUT2D eigenvalue weighted by atomic mass is 16.5. The summed E-state index contributed by atoms with van der Waals surface area (Å²) in [6.45, 7) is 3.16. The van der Waals surface area contributed by atoms with Crippen LogP contribution in [0, 0.1) is 0 Å². The summed E-state index contributed by atoms with van der Waals surface area (Å²) in [5.41, 5.74) is 0.824. The number of benzene rings is 1. The Labute approximate surface area is 170 Å². The zero-order chi connectivity index (χ0) is 21.0. The van der Waals surface area contributed by atoms with Gasteiger partial charge in [0.25, 0.3) is 11.8 Å². The Bertz CT molecular complexity index is 816. The number of para-hydroxylation sites is 1. The molecule has 0 aromatic heterocycles. The summed E-state index contributed by atoms with van der Waals surface area (Å²) in [6, 6.07) is 6.90. The maximum Gasteiger partial charge on any atom is 0.326 e. The molecule has 1 heterocycles. The van der Waals surface area contributed by atoms with Gasteiger partial charge in [-0.1, -0.05) is 44.9 Å². The van der Waals surface area contributed by atoms with Gasteiger partial charge in [-0.15, -0.1) is 0 Å². The van der Waals surface area contributed by atoms with E-state index < -0.39 is 36.6 Å². The third-order valence-electron chi connectivity index (χ3n) is 5.73. The first kappa shape index (κ1) is 20.8. The van der Waals surface area contributed by atoms with Gasteiger partial charge >= 0.3 is 12.0 Å². The summed E-state index contributed by atoms with van der Waals surface area (Å²) in [4.78, 5) is 49.8. The molecule has 156 valence electrons. The van der Waals surface area contributed by atoms with Crippen molar-refractivity contribution < 1.29 is 23.9 Å². The van der Waals surface area contributed by atoms with E-state index in [4.69, 9.17) is 4.74 Å². The van der Waals surface area contributed by atoms with Crippen LogP contribution in [0.25, 0.3) is 0 Å². The van der Waals surface area contributed by atoms with Crippen LogP contribution in [-0.2, 0) is 19.1 Å². The molecule has 1 saturated heterocycles. The van der Waals surface area contributed by atoms with E-state index in [2.05, 4.69) is 24.5 Å². The van der Waals surface area contributed by atoms with Crippen LogP contribution < -0.4 is 10.6 Å². The van der Waals surface area contributed by atoms with Gasteiger partial charge in [0.1, 0.15) is 12.1 Å². The summed E-state index contributed by atoms with van der Waals surface area (Å²) in [6.07, 6.45) is 3.82. The molecule has 1 saturated carbocycles. The van der Waals surface area contributed by atoms with Crippen molar-refractivity contribution in [2.75, 3.05) is 18.5 Å². The predicted molar refractivity (Wildman–Crippen MR) is 106 cm³/mol. The molecular weight excluding hydrogens is 374 g/mol. The van der Waals surface area contributed by atoms with Gasteiger partial charge in [-0.3, -0.25) is 19.3 Å². The van der Waals surface area contributed by atoms with Crippen molar-refractivity contribution in [3.63, 3.8) is 0 Å². The topological polar surface area (TPSA) is 105 Å². The number of carbonyl (C=O) groups excluding carboxylic acids is 4. The Morgan fingerprint density at radius 2 is 1.93 bits per heavy atom. The Morgan fingerprint density at radius 3 is 2.62 bits per heavy atom. The lowest BCUT2D eigenvalue weighted by Crippen LogP contribution is -2.44. The number of hydrogen-bond acceptors (Lipinski definition) is 5. The average molecular weight is 401 g/mol. The first-order valence-corrected chi connectivity index (χ1v) is 10.0. The molecule has 2 N–H and O–H groups in total. The van der Waals surface area contributed by atoms with Crippen molar-refractivity contribution in [1.29, 1.82) is 0 Å². The van der Waals surface area contributed by atoms with Crippen molar-refractivity contribution >= 4 is 29.5 Å². The second kappa shape index (κ2) is 8.63. The van der Waals surface area contributed by atoms with E-state index in [0.29, 0.717) is 18.5 Å². The number of imide groups is 1. The van der Waals surface area contributed by atoms with Gasteiger partial charge in [0.05, 0.1) is 0 Å². The van der Waals surface area contributed by atoms with E-state index in [9.17, 15) is 19.2 Å². The van der Waals surface area contributed by atoms with Crippen molar-refractivity contribution in [3.8, 4) is 0 Å². The summed E-state index contributed by atoms with van der Waals surface area (Å²) < 4.78 is 4.99. The summed E-state index contributed by atoms with van der Waals surface area (Å²) >= 11 is 0. The average Bonchev–Trinajstić information content (AvgIpc) is 3.27. The fourth-order valence-electron chi connectivity index (χ4n) is 3.90. The molecule has 1 atom stereocenters. The van der Waals surface area contributed by atoms with Gasteiger partial charge in [0, 0.05) is 5.69 Å². The van der Waals surface area contributed by atoms with Crippen molar-refractivity contribution in [2.24, 2.45) is 0 Å². The largest absolute Gasteiger partial charge is 0.454 e. The highest BCUT2D eigenvalue weighted by Gasteiger charge is 2.52. The van der Waals surface area contributed by atoms with Crippen LogP contribution in [0.5, 0.6) is 0 Å². The van der Waals surface area contributed by atoms with Gasteiger partial charge in [0.2, 0.25) is 0 Å². The fourth-order valence-corrected chi connectivity index (χ4v) is 3.90. The molecule has 8 heteroatoms. The molecule has 1 aliphatic carbocycles. The molecule has 1 spiro atoms. The Balaban J connectivity index is 1.52. The number of amides is 4. The molecule has 1 aliphatic heterocycles. The lowest BCUT2D eigenvalue weighted by Gasteiger charge is -2.19. The molecular formula is C21H27N3O5. The Morgan fingerprint density at radius 1 is 1.24 bits per heavy atom. The third kappa shape index (κ3) is 4.41. The number of ether oxygens (including phenoxy) is 1. The summed E-state index contributed by atoms with van der Waals surface area (Å²) in [7, 11) is 0. The molecule has 4 amide bonds.